The van der Waals surface area contributed by atoms with Crippen molar-refractivity contribution in [1.29, 1.82) is 0 Å². The highest BCUT2D eigenvalue weighted by Gasteiger charge is 2.21. The lowest BCUT2D eigenvalue weighted by molar-refractivity contribution is 0.0684. The van der Waals surface area contributed by atoms with Crippen LogP contribution in [0, 0.1) is 0 Å². The van der Waals surface area contributed by atoms with Crippen molar-refractivity contribution in [3.05, 3.63) is 64.3 Å². The van der Waals surface area contributed by atoms with Crippen molar-refractivity contribution < 1.29 is 14.6 Å². The van der Waals surface area contributed by atoms with Crippen molar-refractivity contribution in [2.45, 2.75) is 26.4 Å². The number of aromatic nitrogens is 1. The van der Waals surface area contributed by atoms with Gasteiger partial charge in [0.25, 0.3) is 0 Å². The first kappa shape index (κ1) is 19.3. The molecule has 0 saturated heterocycles. The monoisotopic (exact) mass is 386 g/mol. The number of carboxylic acid groups (broad SMARTS) is 1. The number of carboxylic acids is 1. The minimum atomic E-state index is -0.915. The Kier molecular flexibility index (Phi) is 6.04. The molecule has 27 heavy (non-hydrogen) atoms. The maximum atomic E-state index is 11.9. The first-order chi connectivity index (χ1) is 13.0. The molecule has 0 aliphatic carbocycles. The number of carbonyl (C=O) groups is 1. The second-order valence-electron chi connectivity index (χ2n) is 6.31. The highest BCUT2D eigenvalue weighted by Crippen LogP contribution is 2.29. The molecule has 3 aromatic rings. The van der Waals surface area contributed by atoms with Gasteiger partial charge in [-0.3, -0.25) is 0 Å². The summed E-state index contributed by atoms with van der Waals surface area (Å²) in [5, 5.41) is 14.8. The molecule has 2 aromatic carbocycles. The third-order valence-electron chi connectivity index (χ3n) is 4.70. The van der Waals surface area contributed by atoms with Gasteiger partial charge in [0.1, 0.15) is 11.4 Å². The summed E-state index contributed by atoms with van der Waals surface area (Å²) in [5.41, 5.74) is 3.20. The van der Waals surface area contributed by atoms with Gasteiger partial charge in [-0.1, -0.05) is 23.7 Å². The van der Waals surface area contributed by atoms with E-state index in [4.69, 9.17) is 16.3 Å². The fourth-order valence-electron chi connectivity index (χ4n) is 3.38. The van der Waals surface area contributed by atoms with Crippen LogP contribution in [0.4, 0.5) is 0 Å². The molecule has 5 nitrogen and oxygen atoms in total. The smallest absolute Gasteiger partial charge is 0.352 e. The number of aromatic carboxylic acids is 1. The summed E-state index contributed by atoms with van der Waals surface area (Å²) >= 11 is 5.91. The number of benzene rings is 2. The molecule has 0 saturated carbocycles. The summed E-state index contributed by atoms with van der Waals surface area (Å²) < 4.78 is 7.13. The molecule has 1 aromatic heterocycles. The molecule has 3 rings (SSSR count). The van der Waals surface area contributed by atoms with Crippen molar-refractivity contribution in [3.63, 3.8) is 0 Å². The summed E-state index contributed by atoms with van der Waals surface area (Å²) in [6, 6.07) is 13.4. The lowest BCUT2D eigenvalue weighted by Gasteiger charge is -2.07. The van der Waals surface area contributed by atoms with E-state index in [1.807, 2.05) is 54.0 Å². The third-order valence-corrected chi connectivity index (χ3v) is 4.95. The Morgan fingerprint density at radius 2 is 1.96 bits per heavy atom. The number of hydrogen-bond donors (Lipinski definition) is 2. The van der Waals surface area contributed by atoms with E-state index in [0.29, 0.717) is 24.5 Å². The molecular weight excluding hydrogens is 364 g/mol. The Bertz CT molecular complexity index is 948. The highest BCUT2D eigenvalue weighted by atomic mass is 35.5. The summed E-state index contributed by atoms with van der Waals surface area (Å²) in [6.45, 7) is 3.76. The summed E-state index contributed by atoms with van der Waals surface area (Å²) in [7, 11) is 1.61. The molecule has 0 unspecified atom stereocenters. The van der Waals surface area contributed by atoms with Crippen LogP contribution in [-0.4, -0.2) is 29.3 Å². The van der Waals surface area contributed by atoms with Crippen LogP contribution in [-0.2, 0) is 19.5 Å². The van der Waals surface area contributed by atoms with Crippen molar-refractivity contribution in [2.75, 3.05) is 13.7 Å². The van der Waals surface area contributed by atoms with Crippen LogP contribution >= 0.6 is 11.6 Å². The number of methoxy groups -OCH3 is 1. The minimum Gasteiger partial charge on any atom is -0.497 e. The average molecular weight is 387 g/mol. The Balaban J connectivity index is 1.83. The van der Waals surface area contributed by atoms with Crippen LogP contribution in [0.5, 0.6) is 5.75 Å². The van der Waals surface area contributed by atoms with Gasteiger partial charge in [-0.25, -0.2) is 4.79 Å². The zero-order valence-corrected chi connectivity index (χ0v) is 16.2. The van der Waals surface area contributed by atoms with Crippen LogP contribution < -0.4 is 10.1 Å². The number of nitrogens with one attached hydrogen (secondary N) is 1. The predicted molar refractivity (Wildman–Crippen MR) is 108 cm³/mol. The molecule has 6 heteroatoms. The summed E-state index contributed by atoms with van der Waals surface area (Å²) in [5.74, 6) is -0.199. The lowest BCUT2D eigenvalue weighted by atomic mass is 10.1. The van der Waals surface area contributed by atoms with E-state index in [-0.39, 0.29) is 0 Å². The molecule has 0 atom stereocenters. The van der Waals surface area contributed by atoms with Gasteiger partial charge in [0.05, 0.1) is 12.6 Å². The molecule has 0 spiro atoms. The van der Waals surface area contributed by atoms with Gasteiger partial charge in [0.15, 0.2) is 0 Å². The second-order valence-corrected chi connectivity index (χ2v) is 6.75. The Morgan fingerprint density at radius 3 is 2.59 bits per heavy atom. The van der Waals surface area contributed by atoms with Gasteiger partial charge < -0.3 is 19.7 Å². The highest BCUT2D eigenvalue weighted by molar-refractivity contribution is 6.30. The summed E-state index contributed by atoms with van der Waals surface area (Å²) in [6.07, 6.45) is 0.847. The van der Waals surface area contributed by atoms with Crippen LogP contribution in [0.2, 0.25) is 5.02 Å². The van der Waals surface area contributed by atoms with Crippen molar-refractivity contribution in [1.82, 2.24) is 9.88 Å². The molecule has 0 amide bonds. The predicted octanol–water partition coefficient (Wildman–Crippen LogP) is 4.35. The maximum absolute atomic E-state index is 11.9. The van der Waals surface area contributed by atoms with Gasteiger partial charge in [-0.2, -0.15) is 0 Å². The average Bonchev–Trinajstić information content (AvgIpc) is 2.99. The first-order valence-electron chi connectivity index (χ1n) is 8.92. The molecule has 2 N–H and O–H groups in total. The standard InChI is InChI=1S/C21H23ClN2O3/c1-3-24-19-12-16(27-2)8-9-17(19)18(20(24)21(25)26)13-23-11-10-14-4-6-15(22)7-5-14/h4-9,12,23H,3,10-11,13H2,1-2H3,(H,25,26). The van der Waals surface area contributed by atoms with Gasteiger partial charge in [0, 0.05) is 35.1 Å². The second kappa shape index (κ2) is 8.46. The van der Waals surface area contributed by atoms with E-state index in [9.17, 15) is 9.90 Å². The molecule has 1 heterocycles. The van der Waals surface area contributed by atoms with Crippen LogP contribution in [0.1, 0.15) is 28.5 Å². The van der Waals surface area contributed by atoms with Crippen LogP contribution in [0.3, 0.4) is 0 Å². The van der Waals surface area contributed by atoms with Crippen molar-refractivity contribution >= 4 is 28.5 Å². The van der Waals surface area contributed by atoms with E-state index in [2.05, 4.69) is 5.32 Å². The van der Waals surface area contributed by atoms with Crippen LogP contribution in [0.25, 0.3) is 10.9 Å². The molecule has 0 fully saturated rings. The van der Waals surface area contributed by atoms with Gasteiger partial charge in [-0.15, -0.1) is 0 Å². The Labute approximate surface area is 163 Å². The quantitative estimate of drug-likeness (QED) is 0.565. The number of rotatable bonds is 8. The molecule has 0 radical (unpaired) electrons. The molecule has 142 valence electrons. The van der Waals surface area contributed by atoms with Crippen molar-refractivity contribution in [3.8, 4) is 5.75 Å². The van der Waals surface area contributed by atoms with E-state index in [1.54, 1.807) is 7.11 Å². The number of hydrogen-bond acceptors (Lipinski definition) is 3. The number of nitrogens with zero attached hydrogens (tertiary/aromatic N) is 1. The van der Waals surface area contributed by atoms with E-state index in [0.717, 1.165) is 34.5 Å². The van der Waals surface area contributed by atoms with Crippen molar-refractivity contribution in [2.24, 2.45) is 0 Å². The first-order valence-corrected chi connectivity index (χ1v) is 9.30. The lowest BCUT2D eigenvalue weighted by Crippen LogP contribution is -2.19. The molecular formula is C21H23ClN2O3. The molecule has 0 aliphatic heterocycles. The van der Waals surface area contributed by atoms with E-state index >= 15 is 0 Å². The van der Waals surface area contributed by atoms with Crippen LogP contribution in [0.15, 0.2) is 42.5 Å². The van der Waals surface area contributed by atoms with Gasteiger partial charge in [-0.05, 0) is 49.7 Å². The third kappa shape index (κ3) is 4.10. The number of fused-ring (bicyclic) bond motifs is 1. The summed E-state index contributed by atoms with van der Waals surface area (Å²) in [4.78, 5) is 11.9. The fourth-order valence-corrected chi connectivity index (χ4v) is 3.50. The van der Waals surface area contributed by atoms with E-state index in [1.165, 1.54) is 5.56 Å². The number of ether oxygens (including phenoxy) is 1. The molecule has 0 bridgehead atoms. The Morgan fingerprint density at radius 1 is 1.22 bits per heavy atom. The number of aryl methyl sites for hydroxylation is 1. The zero-order valence-electron chi connectivity index (χ0n) is 15.5. The van der Waals surface area contributed by atoms with Gasteiger partial charge in [0.2, 0.25) is 0 Å². The fraction of sp³-hybridized carbons (Fsp3) is 0.286. The van der Waals surface area contributed by atoms with E-state index < -0.39 is 5.97 Å². The molecule has 0 aliphatic rings. The minimum absolute atomic E-state index is 0.333. The van der Waals surface area contributed by atoms with Gasteiger partial charge >= 0.3 is 5.97 Å². The largest absolute Gasteiger partial charge is 0.497 e. The maximum Gasteiger partial charge on any atom is 0.352 e. The Hall–Kier alpha value is -2.50. The zero-order chi connectivity index (χ0) is 19.4. The number of halogens is 1. The SMILES string of the molecule is CCn1c(C(=O)O)c(CNCCc2ccc(Cl)cc2)c2ccc(OC)cc21. The normalized spacial score (nSPS) is 11.1. The topological polar surface area (TPSA) is 63.5 Å².